The first-order valence-electron chi connectivity index (χ1n) is 5.52. The number of benzene rings is 1. The van der Waals surface area contributed by atoms with Crippen molar-refractivity contribution in [2.75, 3.05) is 0 Å². The SMILES string of the molecule is CC(C)C(C)(NS(=O)(=O)c1ccccc1)C(=O)O. The van der Waals surface area contributed by atoms with Crippen molar-refractivity contribution in [3.63, 3.8) is 0 Å². The number of carbonyl (C=O) groups is 1. The lowest BCUT2D eigenvalue weighted by Gasteiger charge is -2.29. The van der Waals surface area contributed by atoms with E-state index in [-0.39, 0.29) is 10.8 Å². The van der Waals surface area contributed by atoms with Gasteiger partial charge in [-0.15, -0.1) is 0 Å². The molecule has 2 N–H and O–H groups in total. The predicted molar refractivity (Wildman–Crippen MR) is 67.6 cm³/mol. The second kappa shape index (κ2) is 5.07. The highest BCUT2D eigenvalue weighted by atomic mass is 32.2. The van der Waals surface area contributed by atoms with Crippen LogP contribution < -0.4 is 4.72 Å². The first kappa shape index (κ1) is 14.7. The third kappa shape index (κ3) is 2.88. The maximum absolute atomic E-state index is 12.1. The van der Waals surface area contributed by atoms with Crippen LogP contribution in [0, 0.1) is 5.92 Å². The minimum Gasteiger partial charge on any atom is -0.480 e. The molecule has 0 fully saturated rings. The van der Waals surface area contributed by atoms with Crippen molar-refractivity contribution in [2.24, 2.45) is 5.92 Å². The van der Waals surface area contributed by atoms with Gasteiger partial charge in [-0.3, -0.25) is 4.79 Å². The number of hydrogen-bond acceptors (Lipinski definition) is 3. The number of sulfonamides is 1. The number of carboxylic acid groups (broad SMARTS) is 1. The molecule has 1 aromatic carbocycles. The van der Waals surface area contributed by atoms with Gasteiger partial charge in [0, 0.05) is 0 Å². The van der Waals surface area contributed by atoms with Crippen LogP contribution in [0.4, 0.5) is 0 Å². The zero-order valence-corrected chi connectivity index (χ0v) is 11.4. The zero-order chi connectivity index (χ0) is 14.0. The Morgan fingerprint density at radius 1 is 1.28 bits per heavy atom. The molecule has 18 heavy (non-hydrogen) atoms. The van der Waals surface area contributed by atoms with Gasteiger partial charge in [-0.1, -0.05) is 32.0 Å². The Labute approximate surface area is 107 Å². The molecule has 5 nitrogen and oxygen atoms in total. The van der Waals surface area contributed by atoms with Gasteiger partial charge in [0.05, 0.1) is 4.90 Å². The molecule has 0 aliphatic heterocycles. The van der Waals surface area contributed by atoms with E-state index in [0.717, 1.165) is 0 Å². The third-order valence-electron chi connectivity index (χ3n) is 3.00. The van der Waals surface area contributed by atoms with Crippen LogP contribution in [0.3, 0.4) is 0 Å². The molecular formula is C12H17NO4S. The largest absolute Gasteiger partial charge is 0.480 e. The van der Waals surface area contributed by atoms with E-state index in [9.17, 15) is 18.3 Å². The van der Waals surface area contributed by atoms with E-state index in [1.165, 1.54) is 19.1 Å². The van der Waals surface area contributed by atoms with Crippen molar-refractivity contribution in [3.8, 4) is 0 Å². The lowest BCUT2D eigenvalue weighted by molar-refractivity contribution is -0.145. The minimum absolute atomic E-state index is 0.0538. The molecule has 0 heterocycles. The smallest absolute Gasteiger partial charge is 0.324 e. The van der Waals surface area contributed by atoms with E-state index in [4.69, 9.17) is 0 Å². The van der Waals surface area contributed by atoms with Crippen LogP contribution in [-0.2, 0) is 14.8 Å². The van der Waals surface area contributed by atoms with Crippen molar-refractivity contribution in [3.05, 3.63) is 30.3 Å². The number of carboxylic acids is 1. The molecule has 1 atom stereocenters. The molecule has 0 saturated heterocycles. The molecule has 0 spiro atoms. The Morgan fingerprint density at radius 3 is 2.17 bits per heavy atom. The Bertz CT molecular complexity index is 524. The molecule has 0 bridgehead atoms. The third-order valence-corrected chi connectivity index (χ3v) is 4.58. The summed E-state index contributed by atoms with van der Waals surface area (Å²) in [6, 6.07) is 7.71. The summed E-state index contributed by atoms with van der Waals surface area (Å²) in [4.78, 5) is 11.3. The van der Waals surface area contributed by atoms with Gasteiger partial charge < -0.3 is 5.11 Å². The quantitative estimate of drug-likeness (QED) is 0.849. The summed E-state index contributed by atoms with van der Waals surface area (Å²) in [5.74, 6) is -1.58. The summed E-state index contributed by atoms with van der Waals surface area (Å²) >= 11 is 0. The maximum atomic E-state index is 12.1. The molecule has 0 radical (unpaired) electrons. The standard InChI is InChI=1S/C12H17NO4S/c1-9(2)12(3,11(14)15)13-18(16,17)10-7-5-4-6-8-10/h4-9,13H,1-3H3,(H,14,15). The Balaban J connectivity index is 3.13. The van der Waals surface area contributed by atoms with E-state index in [0.29, 0.717) is 0 Å². The number of hydrogen-bond donors (Lipinski definition) is 2. The van der Waals surface area contributed by atoms with Crippen LogP contribution in [0.25, 0.3) is 0 Å². The van der Waals surface area contributed by atoms with E-state index in [1.807, 2.05) is 0 Å². The van der Waals surface area contributed by atoms with E-state index in [2.05, 4.69) is 4.72 Å². The monoisotopic (exact) mass is 271 g/mol. The molecule has 1 rings (SSSR count). The van der Waals surface area contributed by atoms with Gasteiger partial charge in [0.1, 0.15) is 5.54 Å². The van der Waals surface area contributed by atoms with Crippen molar-refractivity contribution in [1.82, 2.24) is 4.72 Å². The number of rotatable bonds is 5. The summed E-state index contributed by atoms with van der Waals surface area (Å²) in [7, 11) is -3.84. The predicted octanol–water partition coefficient (Wildman–Crippen LogP) is 1.46. The van der Waals surface area contributed by atoms with E-state index < -0.39 is 21.5 Å². The van der Waals surface area contributed by atoms with Crippen LogP contribution in [0.1, 0.15) is 20.8 Å². The summed E-state index contributed by atoms with van der Waals surface area (Å²) in [6.45, 7) is 4.67. The molecule has 1 aromatic rings. The van der Waals surface area contributed by atoms with Crippen molar-refractivity contribution in [2.45, 2.75) is 31.2 Å². The van der Waals surface area contributed by atoms with Crippen LogP contribution >= 0.6 is 0 Å². The van der Waals surface area contributed by atoms with Crippen LogP contribution in [0.5, 0.6) is 0 Å². The average molecular weight is 271 g/mol. The molecular weight excluding hydrogens is 254 g/mol. The molecule has 0 saturated carbocycles. The summed E-state index contributed by atoms with van der Waals surface area (Å²) < 4.78 is 26.4. The highest BCUT2D eigenvalue weighted by Gasteiger charge is 2.40. The fourth-order valence-electron chi connectivity index (χ4n) is 1.35. The average Bonchev–Trinajstić information content (AvgIpc) is 2.29. The highest BCUT2D eigenvalue weighted by molar-refractivity contribution is 7.89. The lowest BCUT2D eigenvalue weighted by atomic mass is 9.90. The molecule has 0 aliphatic carbocycles. The van der Waals surface area contributed by atoms with Gasteiger partial charge in [0.2, 0.25) is 10.0 Å². The van der Waals surface area contributed by atoms with Crippen molar-refractivity contribution in [1.29, 1.82) is 0 Å². The van der Waals surface area contributed by atoms with Crippen molar-refractivity contribution < 1.29 is 18.3 Å². The normalized spacial score (nSPS) is 15.3. The van der Waals surface area contributed by atoms with Crippen molar-refractivity contribution >= 4 is 16.0 Å². The minimum atomic E-state index is -3.84. The first-order chi connectivity index (χ1) is 8.20. The van der Waals surface area contributed by atoms with Crippen LogP contribution in [0.15, 0.2) is 35.2 Å². The molecule has 100 valence electrons. The second-order valence-electron chi connectivity index (χ2n) is 4.58. The molecule has 6 heteroatoms. The summed E-state index contributed by atoms with van der Waals surface area (Å²) in [6.07, 6.45) is 0. The summed E-state index contributed by atoms with van der Waals surface area (Å²) in [5.41, 5.74) is -1.53. The van der Waals surface area contributed by atoms with Crippen LogP contribution in [-0.4, -0.2) is 25.0 Å². The fourth-order valence-corrected chi connectivity index (χ4v) is 2.86. The second-order valence-corrected chi connectivity index (χ2v) is 6.26. The van der Waals surface area contributed by atoms with E-state index >= 15 is 0 Å². The van der Waals surface area contributed by atoms with Gasteiger partial charge in [-0.2, -0.15) is 4.72 Å². The molecule has 1 unspecified atom stereocenters. The van der Waals surface area contributed by atoms with Gasteiger partial charge >= 0.3 is 5.97 Å². The van der Waals surface area contributed by atoms with Crippen LogP contribution in [0.2, 0.25) is 0 Å². The number of aliphatic carboxylic acids is 1. The van der Waals surface area contributed by atoms with Gasteiger partial charge in [0.15, 0.2) is 0 Å². The Kier molecular flexibility index (Phi) is 4.13. The number of nitrogens with one attached hydrogen (secondary N) is 1. The summed E-state index contributed by atoms with van der Waals surface area (Å²) in [5, 5.41) is 9.19. The fraction of sp³-hybridized carbons (Fsp3) is 0.417. The lowest BCUT2D eigenvalue weighted by Crippen LogP contribution is -2.55. The molecule has 0 aliphatic rings. The highest BCUT2D eigenvalue weighted by Crippen LogP contribution is 2.20. The van der Waals surface area contributed by atoms with Gasteiger partial charge in [-0.25, -0.2) is 8.42 Å². The van der Waals surface area contributed by atoms with Gasteiger partial charge in [-0.05, 0) is 25.0 Å². The Morgan fingerprint density at radius 2 is 1.78 bits per heavy atom. The maximum Gasteiger partial charge on any atom is 0.324 e. The zero-order valence-electron chi connectivity index (χ0n) is 10.5. The molecule has 0 aromatic heterocycles. The van der Waals surface area contributed by atoms with Gasteiger partial charge in [0.25, 0.3) is 0 Å². The van der Waals surface area contributed by atoms with E-state index in [1.54, 1.807) is 32.0 Å². The Hall–Kier alpha value is -1.40. The topological polar surface area (TPSA) is 83.5 Å². The molecule has 0 amide bonds. The first-order valence-corrected chi connectivity index (χ1v) is 7.01.